The molecule has 16 heavy (non-hydrogen) atoms. The van der Waals surface area contributed by atoms with Gasteiger partial charge in [-0.2, -0.15) is 0 Å². The zero-order valence-electron chi connectivity index (χ0n) is 9.96. The average Bonchev–Trinajstić information content (AvgIpc) is 2.80. The van der Waals surface area contributed by atoms with Gasteiger partial charge in [0.2, 0.25) is 0 Å². The van der Waals surface area contributed by atoms with Crippen molar-refractivity contribution in [3.63, 3.8) is 0 Å². The molecule has 0 unspecified atom stereocenters. The Hall–Kier alpha value is -0.800. The molecule has 2 aliphatic rings. The Morgan fingerprint density at radius 1 is 1.44 bits per heavy atom. The number of rotatable bonds is 1. The van der Waals surface area contributed by atoms with Crippen LogP contribution >= 0.6 is 0 Å². The number of nitrogens with one attached hydrogen (secondary N) is 1. The number of hydrogen-bond acceptors (Lipinski definition) is 3. The van der Waals surface area contributed by atoms with E-state index in [4.69, 9.17) is 4.42 Å². The molecule has 2 aliphatic heterocycles. The molecule has 1 N–H and O–H groups in total. The maximum absolute atomic E-state index is 5.74. The van der Waals surface area contributed by atoms with Crippen LogP contribution < -0.4 is 5.32 Å². The smallest absolute Gasteiger partial charge is 0.127 e. The van der Waals surface area contributed by atoms with Crippen LogP contribution in [0.2, 0.25) is 0 Å². The Morgan fingerprint density at radius 3 is 3.00 bits per heavy atom. The standard InChI is InChI=1S/C13H20N2O/c1-2-15-8-5-13(6-9-15)12-11(3-7-14-13)4-10-16-12/h4,10,14H,2-3,5-9H2,1H3. The molecule has 0 bridgehead atoms. The third-order valence-electron chi connectivity index (χ3n) is 4.20. The summed E-state index contributed by atoms with van der Waals surface area (Å²) in [4.78, 5) is 2.52. The number of fused-ring (bicyclic) bond motifs is 2. The van der Waals surface area contributed by atoms with Gasteiger partial charge in [0.25, 0.3) is 0 Å². The fourth-order valence-corrected chi connectivity index (χ4v) is 3.12. The van der Waals surface area contributed by atoms with Crippen molar-refractivity contribution < 1.29 is 4.42 Å². The number of nitrogens with zero attached hydrogens (tertiary/aromatic N) is 1. The van der Waals surface area contributed by atoms with E-state index in [1.807, 2.05) is 6.26 Å². The van der Waals surface area contributed by atoms with Crippen LogP contribution in [0.4, 0.5) is 0 Å². The van der Waals surface area contributed by atoms with Crippen LogP contribution in [-0.4, -0.2) is 31.1 Å². The predicted molar refractivity (Wildman–Crippen MR) is 63.4 cm³/mol. The van der Waals surface area contributed by atoms with Crippen LogP contribution in [0.5, 0.6) is 0 Å². The second-order valence-electron chi connectivity index (χ2n) is 4.97. The lowest BCUT2D eigenvalue weighted by molar-refractivity contribution is 0.114. The maximum atomic E-state index is 5.74. The normalized spacial score (nSPS) is 24.6. The molecule has 3 rings (SSSR count). The molecule has 0 atom stereocenters. The van der Waals surface area contributed by atoms with Gasteiger partial charge in [-0.1, -0.05) is 6.92 Å². The molecule has 0 amide bonds. The van der Waals surface area contributed by atoms with Gasteiger partial charge in [-0.05, 0) is 37.4 Å². The number of furan rings is 1. The Balaban J connectivity index is 1.86. The summed E-state index contributed by atoms with van der Waals surface area (Å²) in [5.41, 5.74) is 1.56. The Kier molecular flexibility index (Phi) is 2.52. The first kappa shape index (κ1) is 10.4. The van der Waals surface area contributed by atoms with Gasteiger partial charge in [-0.3, -0.25) is 0 Å². The molecule has 3 heteroatoms. The number of piperidine rings is 1. The molecule has 1 fully saturated rings. The van der Waals surface area contributed by atoms with Gasteiger partial charge < -0.3 is 14.6 Å². The topological polar surface area (TPSA) is 28.4 Å². The highest BCUT2D eigenvalue weighted by molar-refractivity contribution is 5.28. The molecular weight excluding hydrogens is 200 g/mol. The molecule has 1 aromatic heterocycles. The highest BCUT2D eigenvalue weighted by Crippen LogP contribution is 2.37. The molecule has 0 aliphatic carbocycles. The van der Waals surface area contributed by atoms with E-state index in [0.29, 0.717) is 0 Å². The van der Waals surface area contributed by atoms with Crippen LogP contribution in [0.1, 0.15) is 31.1 Å². The number of hydrogen-bond donors (Lipinski definition) is 1. The van der Waals surface area contributed by atoms with E-state index >= 15 is 0 Å². The van der Waals surface area contributed by atoms with Crippen molar-refractivity contribution in [2.75, 3.05) is 26.2 Å². The minimum atomic E-state index is 0.142. The molecule has 0 aromatic carbocycles. The van der Waals surface area contributed by atoms with Gasteiger partial charge in [0.1, 0.15) is 5.76 Å². The summed E-state index contributed by atoms with van der Waals surface area (Å²) >= 11 is 0. The minimum absolute atomic E-state index is 0.142. The first-order valence-electron chi connectivity index (χ1n) is 6.38. The van der Waals surface area contributed by atoms with Crippen molar-refractivity contribution in [2.45, 2.75) is 31.7 Å². The third kappa shape index (κ3) is 1.50. The zero-order chi connectivity index (χ0) is 11.0. The molecule has 3 heterocycles. The van der Waals surface area contributed by atoms with E-state index in [2.05, 4.69) is 23.2 Å². The molecule has 0 radical (unpaired) electrons. The predicted octanol–water partition coefficient (Wildman–Crippen LogP) is 1.74. The summed E-state index contributed by atoms with van der Waals surface area (Å²) in [6.07, 6.45) is 5.33. The van der Waals surface area contributed by atoms with Gasteiger partial charge in [-0.15, -0.1) is 0 Å². The van der Waals surface area contributed by atoms with Crippen LogP contribution in [0.25, 0.3) is 0 Å². The zero-order valence-corrected chi connectivity index (χ0v) is 9.96. The lowest BCUT2D eigenvalue weighted by atomic mass is 9.80. The van der Waals surface area contributed by atoms with Crippen molar-refractivity contribution in [2.24, 2.45) is 0 Å². The summed E-state index contributed by atoms with van der Waals surface area (Å²) in [5.74, 6) is 1.22. The van der Waals surface area contributed by atoms with Gasteiger partial charge in [0.15, 0.2) is 0 Å². The quantitative estimate of drug-likeness (QED) is 0.781. The second-order valence-corrected chi connectivity index (χ2v) is 4.97. The first-order chi connectivity index (χ1) is 7.84. The summed E-state index contributed by atoms with van der Waals surface area (Å²) in [5, 5.41) is 3.70. The van der Waals surface area contributed by atoms with Gasteiger partial charge in [0, 0.05) is 19.6 Å². The molecule has 3 nitrogen and oxygen atoms in total. The van der Waals surface area contributed by atoms with Crippen LogP contribution in [0.15, 0.2) is 16.7 Å². The van der Waals surface area contributed by atoms with Gasteiger partial charge in [-0.25, -0.2) is 0 Å². The molecule has 88 valence electrons. The van der Waals surface area contributed by atoms with E-state index in [0.717, 1.165) is 13.0 Å². The minimum Gasteiger partial charge on any atom is -0.467 e. The lowest BCUT2D eigenvalue weighted by Crippen LogP contribution is -2.53. The summed E-state index contributed by atoms with van der Waals surface area (Å²) in [6.45, 7) is 6.87. The third-order valence-corrected chi connectivity index (χ3v) is 4.20. The molecule has 1 saturated heterocycles. The highest BCUT2D eigenvalue weighted by atomic mass is 16.3. The summed E-state index contributed by atoms with van der Waals surface area (Å²) < 4.78 is 5.74. The Labute approximate surface area is 96.8 Å². The van der Waals surface area contributed by atoms with Crippen molar-refractivity contribution in [3.8, 4) is 0 Å². The van der Waals surface area contributed by atoms with Crippen LogP contribution in [0, 0.1) is 0 Å². The van der Waals surface area contributed by atoms with Crippen molar-refractivity contribution in [1.82, 2.24) is 10.2 Å². The van der Waals surface area contributed by atoms with E-state index in [-0.39, 0.29) is 5.54 Å². The lowest BCUT2D eigenvalue weighted by Gasteiger charge is -2.43. The monoisotopic (exact) mass is 220 g/mol. The Bertz CT molecular complexity index is 364. The van der Waals surface area contributed by atoms with Crippen molar-refractivity contribution >= 4 is 0 Å². The fraction of sp³-hybridized carbons (Fsp3) is 0.692. The highest BCUT2D eigenvalue weighted by Gasteiger charge is 2.41. The van der Waals surface area contributed by atoms with E-state index in [1.165, 1.54) is 43.8 Å². The molecule has 1 aromatic rings. The van der Waals surface area contributed by atoms with Crippen molar-refractivity contribution in [1.29, 1.82) is 0 Å². The molecule has 1 spiro atoms. The SMILES string of the molecule is CCN1CCC2(CC1)NCCc1ccoc12. The van der Waals surface area contributed by atoms with Crippen LogP contribution in [0.3, 0.4) is 0 Å². The average molecular weight is 220 g/mol. The maximum Gasteiger partial charge on any atom is 0.127 e. The largest absolute Gasteiger partial charge is 0.467 e. The van der Waals surface area contributed by atoms with E-state index in [9.17, 15) is 0 Å². The van der Waals surface area contributed by atoms with Crippen molar-refractivity contribution in [3.05, 3.63) is 23.7 Å². The van der Waals surface area contributed by atoms with Gasteiger partial charge >= 0.3 is 0 Å². The second kappa shape index (κ2) is 3.90. The first-order valence-corrected chi connectivity index (χ1v) is 6.38. The number of likely N-dealkylation sites (tertiary alicyclic amines) is 1. The molecule has 0 saturated carbocycles. The Morgan fingerprint density at radius 2 is 2.25 bits per heavy atom. The fourth-order valence-electron chi connectivity index (χ4n) is 3.12. The van der Waals surface area contributed by atoms with Gasteiger partial charge in [0.05, 0.1) is 11.8 Å². The summed E-state index contributed by atoms with van der Waals surface area (Å²) in [7, 11) is 0. The van der Waals surface area contributed by atoms with E-state index < -0.39 is 0 Å². The summed E-state index contributed by atoms with van der Waals surface area (Å²) in [6, 6.07) is 2.14. The van der Waals surface area contributed by atoms with Crippen LogP contribution in [-0.2, 0) is 12.0 Å². The van der Waals surface area contributed by atoms with E-state index in [1.54, 1.807) is 0 Å². The molecular formula is C13H20N2O.